The van der Waals surface area contributed by atoms with Crippen molar-refractivity contribution >= 4 is 17.8 Å². The molecule has 9 nitrogen and oxygen atoms in total. The average Bonchev–Trinajstić information content (AvgIpc) is 3.20. The summed E-state index contributed by atoms with van der Waals surface area (Å²) in [4.78, 5) is 10.3. The first-order valence-corrected chi connectivity index (χ1v) is 8.12. The minimum atomic E-state index is -0.469. The molecule has 3 rings (SSSR count). The number of rotatable bonds is 7. The van der Waals surface area contributed by atoms with Crippen LogP contribution in [0.5, 0.6) is 17.2 Å². The molecule has 0 aliphatic rings. The van der Waals surface area contributed by atoms with Gasteiger partial charge in [0.15, 0.2) is 11.5 Å². The molecule has 3 aromatic rings. The van der Waals surface area contributed by atoms with E-state index in [1.165, 1.54) is 19.2 Å². The summed E-state index contributed by atoms with van der Waals surface area (Å²) >= 11 is 0. The second-order valence-corrected chi connectivity index (χ2v) is 5.54. The Morgan fingerprint density at radius 3 is 2.14 bits per heavy atom. The van der Waals surface area contributed by atoms with Gasteiger partial charge < -0.3 is 18.6 Å². The number of nitro groups is 1. The highest BCUT2D eigenvalue weighted by molar-refractivity contribution is 5.70. The number of nitro benzene ring substituents is 1. The standard InChI is InChI=1S/C19H17N3O6/c1-25-15-10-12(11-16(26-2)18(15)27-3)4-9-17-20-21-19(28-17)13-5-7-14(8-6-13)22(23)24/h4-11H,1-3H3/b9-4+. The normalized spacial score (nSPS) is 10.8. The lowest BCUT2D eigenvalue weighted by atomic mass is 10.1. The van der Waals surface area contributed by atoms with Gasteiger partial charge in [-0.1, -0.05) is 0 Å². The van der Waals surface area contributed by atoms with Gasteiger partial charge in [0.25, 0.3) is 5.69 Å². The van der Waals surface area contributed by atoms with Gasteiger partial charge in [0.05, 0.1) is 26.3 Å². The summed E-state index contributed by atoms with van der Waals surface area (Å²) in [6, 6.07) is 9.43. The van der Waals surface area contributed by atoms with E-state index in [9.17, 15) is 10.1 Å². The summed E-state index contributed by atoms with van der Waals surface area (Å²) in [7, 11) is 4.62. The van der Waals surface area contributed by atoms with Crippen LogP contribution in [0, 0.1) is 10.1 Å². The van der Waals surface area contributed by atoms with Crippen molar-refractivity contribution in [3.8, 4) is 28.7 Å². The maximum atomic E-state index is 10.7. The Kier molecular flexibility index (Phi) is 5.54. The first-order chi connectivity index (χ1) is 13.5. The zero-order valence-corrected chi connectivity index (χ0v) is 15.4. The number of benzene rings is 2. The molecule has 0 bridgehead atoms. The Bertz CT molecular complexity index is 986. The zero-order chi connectivity index (χ0) is 20.1. The molecular formula is C19H17N3O6. The Balaban J connectivity index is 1.83. The largest absolute Gasteiger partial charge is 0.493 e. The fourth-order valence-corrected chi connectivity index (χ4v) is 2.51. The zero-order valence-electron chi connectivity index (χ0n) is 15.4. The van der Waals surface area contributed by atoms with Crippen molar-refractivity contribution in [2.75, 3.05) is 21.3 Å². The Labute approximate surface area is 160 Å². The van der Waals surface area contributed by atoms with Crippen LogP contribution >= 0.6 is 0 Å². The molecule has 0 fully saturated rings. The minimum Gasteiger partial charge on any atom is -0.493 e. The van der Waals surface area contributed by atoms with E-state index in [2.05, 4.69) is 10.2 Å². The van der Waals surface area contributed by atoms with Gasteiger partial charge in [-0.05, 0) is 35.9 Å². The number of nitrogens with zero attached hydrogens (tertiary/aromatic N) is 3. The van der Waals surface area contributed by atoms with E-state index in [1.807, 2.05) is 0 Å². The molecule has 0 amide bonds. The van der Waals surface area contributed by atoms with Crippen LogP contribution in [0.15, 0.2) is 40.8 Å². The molecular weight excluding hydrogens is 366 g/mol. The van der Waals surface area contributed by atoms with E-state index in [-0.39, 0.29) is 17.5 Å². The van der Waals surface area contributed by atoms with Crippen LogP contribution in [0.2, 0.25) is 0 Å². The van der Waals surface area contributed by atoms with Crippen molar-refractivity contribution in [1.82, 2.24) is 10.2 Å². The Hall–Kier alpha value is -3.88. The van der Waals surface area contributed by atoms with E-state index in [1.54, 1.807) is 50.6 Å². The van der Waals surface area contributed by atoms with Crippen LogP contribution in [0.4, 0.5) is 5.69 Å². The number of non-ortho nitro benzene ring substituents is 1. The molecule has 2 aromatic carbocycles. The van der Waals surface area contributed by atoms with E-state index < -0.39 is 4.92 Å². The third-order valence-electron chi connectivity index (χ3n) is 3.87. The van der Waals surface area contributed by atoms with Crippen molar-refractivity contribution < 1.29 is 23.6 Å². The van der Waals surface area contributed by atoms with Crippen LogP contribution in [0.25, 0.3) is 23.6 Å². The van der Waals surface area contributed by atoms with Gasteiger partial charge in [0.2, 0.25) is 17.5 Å². The maximum absolute atomic E-state index is 10.7. The molecule has 0 atom stereocenters. The van der Waals surface area contributed by atoms with Gasteiger partial charge >= 0.3 is 0 Å². The molecule has 0 unspecified atom stereocenters. The Morgan fingerprint density at radius 1 is 0.964 bits per heavy atom. The van der Waals surface area contributed by atoms with Crippen molar-refractivity contribution in [3.63, 3.8) is 0 Å². The van der Waals surface area contributed by atoms with Gasteiger partial charge in [-0.2, -0.15) is 0 Å². The topological polar surface area (TPSA) is 110 Å². The average molecular weight is 383 g/mol. The second kappa shape index (κ2) is 8.21. The molecule has 0 saturated heterocycles. The van der Waals surface area contributed by atoms with Crippen molar-refractivity contribution in [2.45, 2.75) is 0 Å². The van der Waals surface area contributed by atoms with Gasteiger partial charge in [0.1, 0.15) is 0 Å². The van der Waals surface area contributed by atoms with E-state index in [4.69, 9.17) is 18.6 Å². The van der Waals surface area contributed by atoms with Gasteiger partial charge in [0, 0.05) is 23.8 Å². The molecule has 0 radical (unpaired) electrons. The summed E-state index contributed by atoms with van der Waals surface area (Å²) in [6.07, 6.45) is 3.40. The third-order valence-corrected chi connectivity index (χ3v) is 3.87. The lowest BCUT2D eigenvalue weighted by Crippen LogP contribution is -1.95. The Morgan fingerprint density at radius 2 is 1.61 bits per heavy atom. The van der Waals surface area contributed by atoms with Crippen molar-refractivity contribution in [1.29, 1.82) is 0 Å². The number of methoxy groups -OCH3 is 3. The molecule has 9 heteroatoms. The predicted molar refractivity (Wildman–Crippen MR) is 101 cm³/mol. The molecule has 0 aliphatic carbocycles. The molecule has 1 heterocycles. The highest BCUT2D eigenvalue weighted by Gasteiger charge is 2.13. The number of hydrogen-bond acceptors (Lipinski definition) is 8. The van der Waals surface area contributed by atoms with Crippen LogP contribution in [-0.2, 0) is 0 Å². The fourth-order valence-electron chi connectivity index (χ4n) is 2.51. The lowest BCUT2D eigenvalue weighted by Gasteiger charge is -2.12. The van der Waals surface area contributed by atoms with Crippen molar-refractivity contribution in [2.24, 2.45) is 0 Å². The number of hydrogen-bond donors (Lipinski definition) is 0. The summed E-state index contributed by atoms with van der Waals surface area (Å²) in [5, 5.41) is 18.6. The van der Waals surface area contributed by atoms with Gasteiger partial charge in [-0.25, -0.2) is 0 Å². The summed E-state index contributed by atoms with van der Waals surface area (Å²) in [6.45, 7) is 0. The highest BCUT2D eigenvalue weighted by atomic mass is 16.6. The molecule has 1 aromatic heterocycles. The molecule has 0 spiro atoms. The molecule has 0 saturated carbocycles. The monoisotopic (exact) mass is 383 g/mol. The van der Waals surface area contributed by atoms with Crippen LogP contribution in [0.3, 0.4) is 0 Å². The second-order valence-electron chi connectivity index (χ2n) is 5.54. The molecule has 0 N–H and O–H groups in total. The molecule has 0 aliphatic heterocycles. The van der Waals surface area contributed by atoms with Gasteiger partial charge in [-0.3, -0.25) is 10.1 Å². The lowest BCUT2D eigenvalue weighted by molar-refractivity contribution is -0.384. The summed E-state index contributed by atoms with van der Waals surface area (Å²) in [5.74, 6) is 2.10. The fraction of sp³-hybridized carbons (Fsp3) is 0.158. The number of aromatic nitrogens is 2. The molecule has 144 valence electrons. The smallest absolute Gasteiger partial charge is 0.269 e. The van der Waals surface area contributed by atoms with Crippen LogP contribution < -0.4 is 14.2 Å². The van der Waals surface area contributed by atoms with Gasteiger partial charge in [-0.15, -0.1) is 10.2 Å². The van der Waals surface area contributed by atoms with Crippen LogP contribution in [0.1, 0.15) is 11.5 Å². The first-order valence-electron chi connectivity index (χ1n) is 8.12. The van der Waals surface area contributed by atoms with E-state index in [0.717, 1.165) is 5.56 Å². The summed E-state index contributed by atoms with van der Waals surface area (Å²) in [5.41, 5.74) is 1.36. The van der Waals surface area contributed by atoms with Crippen LogP contribution in [-0.4, -0.2) is 36.5 Å². The quantitative estimate of drug-likeness (QED) is 0.447. The highest BCUT2D eigenvalue weighted by Crippen LogP contribution is 2.38. The SMILES string of the molecule is COc1cc(/C=C/c2nnc(-c3ccc([N+](=O)[O-])cc3)o2)cc(OC)c1OC. The minimum absolute atomic E-state index is 0.00853. The maximum Gasteiger partial charge on any atom is 0.269 e. The third kappa shape index (κ3) is 3.93. The van der Waals surface area contributed by atoms with E-state index >= 15 is 0 Å². The van der Waals surface area contributed by atoms with E-state index in [0.29, 0.717) is 22.8 Å². The first kappa shape index (κ1) is 18.9. The predicted octanol–water partition coefficient (Wildman–Crippen LogP) is 3.84. The van der Waals surface area contributed by atoms with Crippen molar-refractivity contribution in [3.05, 3.63) is 58.0 Å². The molecule has 28 heavy (non-hydrogen) atoms. The number of ether oxygens (including phenoxy) is 3. The summed E-state index contributed by atoms with van der Waals surface area (Å²) < 4.78 is 21.5.